The fourth-order valence-corrected chi connectivity index (χ4v) is 4.85. The number of methoxy groups -OCH3 is 1. The second-order valence-corrected chi connectivity index (χ2v) is 6.57. The number of piperidine rings is 1. The van der Waals surface area contributed by atoms with Crippen LogP contribution in [0.1, 0.15) is 23.1 Å². The molecule has 1 aromatic carbocycles. The van der Waals surface area contributed by atoms with E-state index in [2.05, 4.69) is 36.5 Å². The van der Waals surface area contributed by atoms with E-state index in [1.54, 1.807) is 7.11 Å². The van der Waals surface area contributed by atoms with Gasteiger partial charge < -0.3 is 14.8 Å². The lowest BCUT2D eigenvalue weighted by molar-refractivity contribution is 0.101. The molecule has 108 valence electrons. The van der Waals surface area contributed by atoms with Crippen LogP contribution in [0, 0.1) is 6.92 Å². The molecule has 5 rings (SSSR count). The van der Waals surface area contributed by atoms with E-state index >= 15 is 0 Å². The molecule has 0 saturated carbocycles. The second-order valence-electron chi connectivity index (χ2n) is 6.57. The van der Waals surface area contributed by atoms with Crippen molar-refractivity contribution < 1.29 is 9.47 Å². The monoisotopic (exact) mass is 281 g/mol. The van der Waals surface area contributed by atoms with E-state index in [4.69, 9.17) is 9.47 Å². The van der Waals surface area contributed by atoms with Crippen molar-refractivity contribution in [3.05, 3.63) is 52.3 Å². The molecule has 0 radical (unpaired) electrons. The molecule has 1 aromatic rings. The predicted octanol–water partition coefficient (Wildman–Crippen LogP) is 2.38. The summed E-state index contributed by atoms with van der Waals surface area (Å²) in [6.45, 7) is 3.20. The van der Waals surface area contributed by atoms with Gasteiger partial charge in [0.2, 0.25) is 0 Å². The molecule has 2 heterocycles. The maximum absolute atomic E-state index is 6.45. The van der Waals surface area contributed by atoms with Gasteiger partial charge >= 0.3 is 0 Å². The number of aryl methyl sites for hydroxylation is 1. The molecule has 0 amide bonds. The molecule has 3 nitrogen and oxygen atoms in total. The molecule has 2 aliphatic carbocycles. The Kier molecular flexibility index (Phi) is 2.10. The van der Waals surface area contributed by atoms with Gasteiger partial charge in [-0.1, -0.05) is 18.2 Å². The molecule has 3 atom stereocenters. The van der Waals surface area contributed by atoms with E-state index in [0.29, 0.717) is 6.04 Å². The summed E-state index contributed by atoms with van der Waals surface area (Å²) in [7, 11) is 1.75. The van der Waals surface area contributed by atoms with Crippen molar-refractivity contribution in [3.8, 4) is 5.75 Å². The quantitative estimate of drug-likeness (QED) is 0.857. The number of hydrogen-bond acceptors (Lipinski definition) is 3. The van der Waals surface area contributed by atoms with Crippen molar-refractivity contribution in [3.63, 3.8) is 0 Å². The Balaban J connectivity index is 1.87. The molecule has 1 spiro atoms. The third kappa shape index (κ3) is 1.21. The van der Waals surface area contributed by atoms with Gasteiger partial charge in [-0.05, 0) is 49.1 Å². The lowest BCUT2D eigenvalue weighted by Crippen LogP contribution is -2.58. The first kappa shape index (κ1) is 11.9. The Bertz CT molecular complexity index is 718. The van der Waals surface area contributed by atoms with E-state index in [1.807, 2.05) is 0 Å². The zero-order valence-electron chi connectivity index (χ0n) is 12.4. The van der Waals surface area contributed by atoms with Crippen molar-refractivity contribution in [1.82, 2.24) is 5.32 Å². The second kappa shape index (κ2) is 3.72. The van der Waals surface area contributed by atoms with Crippen LogP contribution < -0.4 is 10.1 Å². The normalized spacial score (nSPS) is 34.6. The van der Waals surface area contributed by atoms with Crippen LogP contribution in [0.15, 0.2) is 35.6 Å². The highest BCUT2D eigenvalue weighted by atomic mass is 16.5. The largest absolute Gasteiger partial charge is 0.497 e. The first-order valence-corrected chi connectivity index (χ1v) is 7.75. The van der Waals surface area contributed by atoms with Gasteiger partial charge in [0.15, 0.2) is 6.10 Å². The summed E-state index contributed by atoms with van der Waals surface area (Å²) >= 11 is 0. The summed E-state index contributed by atoms with van der Waals surface area (Å²) < 4.78 is 12.1. The molecular weight excluding hydrogens is 262 g/mol. The minimum absolute atomic E-state index is 0.00491. The van der Waals surface area contributed by atoms with Crippen molar-refractivity contribution in [2.75, 3.05) is 13.7 Å². The van der Waals surface area contributed by atoms with Crippen LogP contribution in [0.3, 0.4) is 0 Å². The number of rotatable bonds is 1. The highest BCUT2D eigenvalue weighted by Gasteiger charge is 2.60. The number of ether oxygens (including phenoxy) is 2. The lowest BCUT2D eigenvalue weighted by atomic mass is 9.57. The molecule has 0 aromatic heterocycles. The van der Waals surface area contributed by atoms with Gasteiger partial charge in [0.25, 0.3) is 0 Å². The average molecular weight is 281 g/mol. The number of hydrogen-bond donors (Lipinski definition) is 1. The first-order valence-electron chi connectivity index (χ1n) is 7.75. The lowest BCUT2D eigenvalue weighted by Gasteiger charge is -2.49. The van der Waals surface area contributed by atoms with E-state index in [-0.39, 0.29) is 11.5 Å². The van der Waals surface area contributed by atoms with Crippen LogP contribution in [0.5, 0.6) is 5.75 Å². The Morgan fingerprint density at radius 2 is 2.24 bits per heavy atom. The van der Waals surface area contributed by atoms with Gasteiger partial charge in [-0.25, -0.2) is 0 Å². The van der Waals surface area contributed by atoms with E-state index in [9.17, 15) is 0 Å². The molecule has 2 bridgehead atoms. The molecule has 1 N–H and O–H groups in total. The SMILES string of the molecule is COC1=CC=C2[C@H]3Cc4ccc(C)c5c4[C@@]2(CCN3)[C@H]1O5. The highest BCUT2D eigenvalue weighted by molar-refractivity contribution is 5.65. The van der Waals surface area contributed by atoms with Gasteiger partial charge in [0.1, 0.15) is 11.5 Å². The molecule has 3 heteroatoms. The average Bonchev–Trinajstić information content (AvgIpc) is 2.83. The summed E-state index contributed by atoms with van der Waals surface area (Å²) in [5.41, 5.74) is 5.63. The standard InChI is InChI=1S/C18H19NO2/c1-10-3-4-11-9-13-12-5-6-14(20-2)17-18(12,7-8-19-13)15(11)16(10)21-17/h3-6,13,17,19H,7-9H2,1-2H3/t13-,17+,18+/m1/s1. The summed E-state index contributed by atoms with van der Waals surface area (Å²) in [4.78, 5) is 0. The third-order valence-corrected chi connectivity index (χ3v) is 5.72. The van der Waals surface area contributed by atoms with Gasteiger partial charge in [-0.15, -0.1) is 0 Å². The van der Waals surface area contributed by atoms with E-state index in [0.717, 1.165) is 30.9 Å². The smallest absolute Gasteiger partial charge is 0.169 e. The van der Waals surface area contributed by atoms with Crippen molar-refractivity contribution in [2.45, 2.75) is 37.3 Å². The van der Waals surface area contributed by atoms with E-state index in [1.165, 1.54) is 22.3 Å². The van der Waals surface area contributed by atoms with Crippen LogP contribution in [0.2, 0.25) is 0 Å². The molecule has 1 fully saturated rings. The zero-order chi connectivity index (χ0) is 14.2. The summed E-state index contributed by atoms with van der Waals surface area (Å²) in [6, 6.07) is 4.94. The van der Waals surface area contributed by atoms with Crippen LogP contribution >= 0.6 is 0 Å². The molecule has 2 aliphatic heterocycles. The molecule has 0 unspecified atom stereocenters. The minimum atomic E-state index is 0.00491. The molecule has 4 aliphatic rings. The molecular formula is C18H19NO2. The van der Waals surface area contributed by atoms with Gasteiger partial charge in [0, 0.05) is 11.6 Å². The van der Waals surface area contributed by atoms with Crippen LogP contribution in [-0.4, -0.2) is 25.8 Å². The maximum Gasteiger partial charge on any atom is 0.169 e. The van der Waals surface area contributed by atoms with Crippen molar-refractivity contribution in [2.24, 2.45) is 0 Å². The Morgan fingerprint density at radius 1 is 1.33 bits per heavy atom. The predicted molar refractivity (Wildman–Crippen MR) is 80.6 cm³/mol. The molecule has 1 saturated heterocycles. The van der Waals surface area contributed by atoms with Crippen LogP contribution in [0.25, 0.3) is 0 Å². The highest BCUT2D eigenvalue weighted by Crippen LogP contribution is 2.59. The molecule has 21 heavy (non-hydrogen) atoms. The fraction of sp³-hybridized carbons (Fsp3) is 0.444. The summed E-state index contributed by atoms with van der Waals surface area (Å²) in [5, 5.41) is 3.68. The number of benzene rings is 1. The third-order valence-electron chi connectivity index (χ3n) is 5.72. The maximum atomic E-state index is 6.45. The van der Waals surface area contributed by atoms with Crippen LogP contribution in [0.4, 0.5) is 0 Å². The number of nitrogens with one attached hydrogen (secondary N) is 1. The van der Waals surface area contributed by atoms with Crippen molar-refractivity contribution in [1.29, 1.82) is 0 Å². The van der Waals surface area contributed by atoms with Crippen molar-refractivity contribution >= 4 is 0 Å². The van der Waals surface area contributed by atoms with E-state index < -0.39 is 0 Å². The number of allylic oxidation sites excluding steroid dienone is 2. The van der Waals surface area contributed by atoms with Crippen LogP contribution in [-0.2, 0) is 16.6 Å². The van der Waals surface area contributed by atoms with Gasteiger partial charge in [0.05, 0.1) is 12.5 Å². The Hall–Kier alpha value is -1.74. The zero-order valence-corrected chi connectivity index (χ0v) is 12.4. The van der Waals surface area contributed by atoms with Gasteiger partial charge in [-0.3, -0.25) is 0 Å². The Morgan fingerprint density at radius 3 is 3.10 bits per heavy atom. The van der Waals surface area contributed by atoms with Gasteiger partial charge in [-0.2, -0.15) is 0 Å². The summed E-state index contributed by atoms with van der Waals surface area (Å²) in [6.07, 6.45) is 6.55. The fourth-order valence-electron chi connectivity index (χ4n) is 4.85. The first-order chi connectivity index (χ1) is 10.3. The topological polar surface area (TPSA) is 30.5 Å². The Labute approximate surface area is 124 Å². The summed E-state index contributed by atoms with van der Waals surface area (Å²) in [5.74, 6) is 2.07. The minimum Gasteiger partial charge on any atom is -0.497 e.